The maximum atomic E-state index is 12.3. The molecule has 2 amide bonds. The molecule has 2 saturated heterocycles. The van der Waals surface area contributed by atoms with Crippen LogP contribution in [0.1, 0.15) is 31.2 Å². The topological polar surface area (TPSA) is 75.4 Å². The van der Waals surface area contributed by atoms with E-state index in [-0.39, 0.29) is 22.7 Å². The van der Waals surface area contributed by atoms with Gasteiger partial charge in [-0.05, 0) is 20.3 Å². The molecular weight excluding hydrogens is 278 g/mol. The van der Waals surface area contributed by atoms with Gasteiger partial charge in [-0.3, -0.25) is 9.59 Å². The van der Waals surface area contributed by atoms with Crippen LogP contribution < -0.4 is 5.32 Å². The molecule has 2 atom stereocenters. The number of aromatic nitrogens is 1. The molecule has 0 saturated carbocycles. The molecule has 3 rings (SSSR count). The molecule has 20 heavy (non-hydrogen) atoms. The third-order valence-corrected chi connectivity index (χ3v) is 5.37. The largest absolute Gasteiger partial charge is 0.359 e. The lowest BCUT2D eigenvalue weighted by molar-refractivity contribution is -0.138. The van der Waals surface area contributed by atoms with Crippen molar-refractivity contribution < 1.29 is 14.1 Å². The number of nitrogens with zero attached hydrogens (tertiary/aromatic N) is 2. The first kappa shape index (κ1) is 13.5. The molecule has 2 aliphatic rings. The predicted octanol–water partition coefficient (Wildman–Crippen LogP) is 1.05. The average molecular weight is 295 g/mol. The van der Waals surface area contributed by atoms with Crippen LogP contribution >= 0.6 is 11.8 Å². The lowest BCUT2D eigenvalue weighted by atomic mass is 10.2. The lowest BCUT2D eigenvalue weighted by Crippen LogP contribution is -2.49. The minimum atomic E-state index is -0.371. The summed E-state index contributed by atoms with van der Waals surface area (Å²) in [6.45, 7) is 4.17. The first-order valence-electron chi connectivity index (χ1n) is 6.66. The second-order valence-electron chi connectivity index (χ2n) is 5.42. The van der Waals surface area contributed by atoms with Crippen molar-refractivity contribution in [1.29, 1.82) is 0 Å². The molecule has 0 aliphatic carbocycles. The highest BCUT2D eigenvalue weighted by atomic mass is 32.2. The normalized spacial score (nSPS) is 28.8. The summed E-state index contributed by atoms with van der Waals surface area (Å²) in [4.78, 5) is 25.8. The van der Waals surface area contributed by atoms with E-state index in [0.29, 0.717) is 24.5 Å². The van der Waals surface area contributed by atoms with Crippen LogP contribution in [0.2, 0.25) is 0 Å². The van der Waals surface area contributed by atoms with Gasteiger partial charge in [0.05, 0.1) is 17.1 Å². The molecule has 108 valence electrons. The summed E-state index contributed by atoms with van der Waals surface area (Å²) >= 11 is 1.69. The quantitative estimate of drug-likeness (QED) is 0.902. The van der Waals surface area contributed by atoms with Gasteiger partial charge >= 0.3 is 0 Å². The van der Waals surface area contributed by atoms with Gasteiger partial charge in [-0.25, -0.2) is 0 Å². The fourth-order valence-corrected chi connectivity index (χ4v) is 4.24. The standard InChI is InChI=1S/C13H17N3O3S/c1-8-5-9(19-15-8)6-14-12(18)10-7-20-13(2)4-3-11(17)16(10)13/h5,10H,3-4,6-7H2,1-2H3,(H,14,18)/t10-,13+/m1/s1. The Kier molecular flexibility index (Phi) is 3.24. The average Bonchev–Trinajstić information content (AvgIpc) is 3.04. The molecule has 0 aromatic carbocycles. The minimum Gasteiger partial charge on any atom is -0.359 e. The van der Waals surface area contributed by atoms with Crippen LogP contribution in [-0.2, 0) is 16.1 Å². The lowest BCUT2D eigenvalue weighted by Gasteiger charge is -2.29. The maximum absolute atomic E-state index is 12.3. The maximum Gasteiger partial charge on any atom is 0.244 e. The van der Waals surface area contributed by atoms with Crippen LogP contribution in [0.25, 0.3) is 0 Å². The summed E-state index contributed by atoms with van der Waals surface area (Å²) in [5.74, 6) is 1.24. The van der Waals surface area contributed by atoms with E-state index in [9.17, 15) is 9.59 Å². The molecule has 1 aromatic rings. The molecule has 2 fully saturated rings. The van der Waals surface area contributed by atoms with E-state index in [2.05, 4.69) is 10.5 Å². The third-order valence-electron chi connectivity index (χ3n) is 3.86. The molecule has 0 unspecified atom stereocenters. The summed E-state index contributed by atoms with van der Waals surface area (Å²) < 4.78 is 5.05. The molecule has 2 aliphatic heterocycles. The van der Waals surface area contributed by atoms with Crippen molar-refractivity contribution in [1.82, 2.24) is 15.4 Å². The summed E-state index contributed by atoms with van der Waals surface area (Å²) in [6, 6.07) is 1.42. The Bertz CT molecular complexity index is 559. The number of nitrogens with one attached hydrogen (secondary N) is 1. The van der Waals surface area contributed by atoms with E-state index in [1.807, 2.05) is 13.8 Å². The Balaban J connectivity index is 1.64. The van der Waals surface area contributed by atoms with Crippen LogP contribution in [0, 0.1) is 6.92 Å². The zero-order valence-corrected chi connectivity index (χ0v) is 12.3. The van der Waals surface area contributed by atoms with E-state index in [1.165, 1.54) is 0 Å². The highest BCUT2D eigenvalue weighted by Gasteiger charge is 2.52. The van der Waals surface area contributed by atoms with Gasteiger partial charge in [0, 0.05) is 18.2 Å². The van der Waals surface area contributed by atoms with Gasteiger partial charge in [0.2, 0.25) is 11.8 Å². The number of hydrogen-bond acceptors (Lipinski definition) is 5. The molecule has 1 N–H and O–H groups in total. The zero-order valence-electron chi connectivity index (χ0n) is 11.5. The predicted molar refractivity (Wildman–Crippen MR) is 73.8 cm³/mol. The number of rotatable bonds is 3. The van der Waals surface area contributed by atoms with Crippen LogP contribution in [-0.4, -0.2) is 38.5 Å². The van der Waals surface area contributed by atoms with Gasteiger partial charge in [0.25, 0.3) is 0 Å². The fourth-order valence-electron chi connectivity index (χ4n) is 2.81. The monoisotopic (exact) mass is 295 g/mol. The molecule has 7 heteroatoms. The number of amides is 2. The van der Waals surface area contributed by atoms with Crippen LogP contribution in [0.3, 0.4) is 0 Å². The molecule has 6 nitrogen and oxygen atoms in total. The number of hydrogen-bond donors (Lipinski definition) is 1. The molecule has 1 aromatic heterocycles. The molecular formula is C13H17N3O3S. The molecule has 0 radical (unpaired) electrons. The molecule has 0 bridgehead atoms. The Morgan fingerprint density at radius 3 is 3.20 bits per heavy atom. The highest BCUT2D eigenvalue weighted by molar-refractivity contribution is 8.01. The van der Waals surface area contributed by atoms with Crippen molar-refractivity contribution in [2.24, 2.45) is 0 Å². The Labute approximate surface area is 121 Å². The molecule has 0 spiro atoms. The molecule has 3 heterocycles. The van der Waals surface area contributed by atoms with Gasteiger partial charge < -0.3 is 14.7 Å². The van der Waals surface area contributed by atoms with Gasteiger partial charge in [0.1, 0.15) is 6.04 Å². The van der Waals surface area contributed by atoms with Crippen LogP contribution in [0.4, 0.5) is 0 Å². The fraction of sp³-hybridized carbons (Fsp3) is 0.615. The second-order valence-corrected chi connectivity index (χ2v) is 6.92. The van der Waals surface area contributed by atoms with Gasteiger partial charge in [-0.15, -0.1) is 11.8 Å². The summed E-state index contributed by atoms with van der Waals surface area (Å²) in [6.07, 6.45) is 1.36. The zero-order chi connectivity index (χ0) is 14.3. The number of aryl methyl sites for hydroxylation is 1. The number of carbonyl (C=O) groups excluding carboxylic acids is 2. The van der Waals surface area contributed by atoms with E-state index in [1.54, 1.807) is 22.7 Å². The van der Waals surface area contributed by atoms with Crippen LogP contribution in [0.15, 0.2) is 10.6 Å². The van der Waals surface area contributed by atoms with Gasteiger partial charge in [-0.1, -0.05) is 5.16 Å². The number of fused-ring (bicyclic) bond motifs is 1. The van der Waals surface area contributed by atoms with Crippen molar-refractivity contribution in [2.45, 2.75) is 44.1 Å². The van der Waals surface area contributed by atoms with Crippen molar-refractivity contribution in [3.8, 4) is 0 Å². The summed E-state index contributed by atoms with van der Waals surface area (Å²) in [5.41, 5.74) is 0.785. The van der Waals surface area contributed by atoms with Gasteiger partial charge in [-0.2, -0.15) is 0 Å². The highest BCUT2D eigenvalue weighted by Crippen LogP contribution is 2.47. The van der Waals surface area contributed by atoms with E-state index in [0.717, 1.165) is 12.1 Å². The van der Waals surface area contributed by atoms with E-state index in [4.69, 9.17) is 4.52 Å². The Hall–Kier alpha value is -1.50. The minimum absolute atomic E-state index is 0.0770. The van der Waals surface area contributed by atoms with Crippen molar-refractivity contribution >= 4 is 23.6 Å². The van der Waals surface area contributed by atoms with Crippen LogP contribution in [0.5, 0.6) is 0 Å². The Morgan fingerprint density at radius 2 is 2.50 bits per heavy atom. The van der Waals surface area contributed by atoms with Gasteiger partial charge in [0.15, 0.2) is 5.76 Å². The first-order valence-corrected chi connectivity index (χ1v) is 7.64. The third kappa shape index (κ3) is 2.19. The van der Waals surface area contributed by atoms with Crippen molar-refractivity contribution in [3.05, 3.63) is 17.5 Å². The van der Waals surface area contributed by atoms with E-state index < -0.39 is 0 Å². The summed E-state index contributed by atoms with van der Waals surface area (Å²) in [7, 11) is 0. The number of carbonyl (C=O) groups is 2. The van der Waals surface area contributed by atoms with Crippen molar-refractivity contribution in [3.63, 3.8) is 0 Å². The second kappa shape index (κ2) is 4.80. The summed E-state index contributed by atoms with van der Waals surface area (Å²) in [5, 5.41) is 6.60. The van der Waals surface area contributed by atoms with Crippen molar-refractivity contribution in [2.75, 3.05) is 5.75 Å². The first-order chi connectivity index (χ1) is 9.49. The smallest absolute Gasteiger partial charge is 0.244 e. The van der Waals surface area contributed by atoms with E-state index >= 15 is 0 Å². The Morgan fingerprint density at radius 1 is 1.70 bits per heavy atom. The number of thioether (sulfide) groups is 1. The SMILES string of the molecule is Cc1cc(CNC(=O)[C@H]2CS[C@@]3(C)CCC(=O)N23)on1.